The van der Waals surface area contributed by atoms with E-state index in [1.165, 1.54) is 38.5 Å². The van der Waals surface area contributed by atoms with E-state index in [0.717, 1.165) is 30.2 Å². The Morgan fingerprint density at radius 1 is 0.706 bits per heavy atom. The molecular weight excluding hydrogens is 422 g/mol. The Labute approximate surface area is 201 Å². The molecule has 2 aromatic carbocycles. The number of hydrogen-bond acceptors (Lipinski definition) is 4. The van der Waals surface area contributed by atoms with Crippen LogP contribution in [0.15, 0.2) is 60.2 Å². The van der Waals surface area contributed by atoms with Crippen molar-refractivity contribution in [2.24, 2.45) is 0 Å². The van der Waals surface area contributed by atoms with E-state index >= 15 is 0 Å². The quantitative estimate of drug-likeness (QED) is 0.236. The molecule has 1 aliphatic rings. The third-order valence-electron chi connectivity index (χ3n) is 6.70. The number of nitrogens with zero attached hydrogens (tertiary/aromatic N) is 1. The highest BCUT2D eigenvalue weighted by Gasteiger charge is 2.36. The normalized spacial score (nSPS) is 13.6. The predicted octanol–water partition coefficient (Wildman–Crippen LogP) is 7.86. The summed E-state index contributed by atoms with van der Waals surface area (Å²) >= 11 is 0. The molecule has 0 bridgehead atoms. The van der Waals surface area contributed by atoms with Gasteiger partial charge in [-0.25, -0.2) is 4.98 Å². The van der Waals surface area contributed by atoms with E-state index < -0.39 is 11.6 Å². The number of aliphatic hydroxyl groups excluding tert-OH is 1. The number of ketones is 2. The molecule has 1 heterocycles. The van der Waals surface area contributed by atoms with Crippen LogP contribution in [-0.2, 0) is 4.79 Å². The van der Waals surface area contributed by atoms with Crippen molar-refractivity contribution in [3.05, 3.63) is 71.4 Å². The van der Waals surface area contributed by atoms with E-state index in [0.29, 0.717) is 17.5 Å². The Morgan fingerprint density at radius 3 is 2.03 bits per heavy atom. The Hall–Kier alpha value is -3.27. The summed E-state index contributed by atoms with van der Waals surface area (Å²) in [5.41, 5.74) is 2.83. The molecule has 0 amide bonds. The molecule has 0 saturated carbocycles. The Bertz CT molecular complexity index is 1210. The maximum Gasteiger partial charge on any atom is 0.236 e. The van der Waals surface area contributed by atoms with Crippen LogP contribution in [0.25, 0.3) is 27.8 Å². The number of rotatable bonds is 11. The third kappa shape index (κ3) is 4.96. The first-order valence-corrected chi connectivity index (χ1v) is 12.6. The summed E-state index contributed by atoms with van der Waals surface area (Å²) in [4.78, 5) is 31.1. The number of carbonyl (C=O) groups excluding carboxylic acids is 2. The molecule has 0 spiro atoms. The van der Waals surface area contributed by atoms with Gasteiger partial charge in [-0.3, -0.25) is 9.59 Å². The Balaban J connectivity index is 1.59. The van der Waals surface area contributed by atoms with Gasteiger partial charge in [-0.15, -0.1) is 0 Å². The second-order valence-corrected chi connectivity index (χ2v) is 9.16. The number of hydrogen-bond donors (Lipinski definition) is 1. The van der Waals surface area contributed by atoms with Gasteiger partial charge in [-0.1, -0.05) is 107 Å². The van der Waals surface area contributed by atoms with Crippen molar-refractivity contribution >= 4 is 28.2 Å². The highest BCUT2D eigenvalue weighted by atomic mass is 16.3. The molecule has 0 fully saturated rings. The minimum absolute atomic E-state index is 0.137. The summed E-state index contributed by atoms with van der Waals surface area (Å²) in [6.45, 7) is 2.22. The van der Waals surface area contributed by atoms with Crippen molar-refractivity contribution in [3.63, 3.8) is 0 Å². The van der Waals surface area contributed by atoms with Gasteiger partial charge < -0.3 is 5.11 Å². The number of unbranched alkanes of at least 4 members (excludes halogenated alkanes) is 8. The number of aliphatic hydroxyl groups is 1. The monoisotopic (exact) mass is 455 g/mol. The average molecular weight is 456 g/mol. The van der Waals surface area contributed by atoms with Gasteiger partial charge in [0.2, 0.25) is 11.6 Å². The van der Waals surface area contributed by atoms with Crippen molar-refractivity contribution in [1.82, 2.24) is 4.98 Å². The maximum absolute atomic E-state index is 13.3. The lowest BCUT2D eigenvalue weighted by atomic mass is 9.83. The first-order valence-electron chi connectivity index (χ1n) is 12.6. The lowest BCUT2D eigenvalue weighted by molar-refractivity contribution is -0.112. The fourth-order valence-corrected chi connectivity index (χ4v) is 4.85. The van der Waals surface area contributed by atoms with Gasteiger partial charge in [0.1, 0.15) is 11.5 Å². The van der Waals surface area contributed by atoms with Gasteiger partial charge in [0.05, 0.1) is 11.1 Å². The van der Waals surface area contributed by atoms with Crippen molar-refractivity contribution in [2.75, 3.05) is 0 Å². The van der Waals surface area contributed by atoms with Crippen LogP contribution in [-0.4, -0.2) is 21.7 Å². The number of para-hydroxylation sites is 1. The van der Waals surface area contributed by atoms with Crippen LogP contribution in [0.3, 0.4) is 0 Å². The Kier molecular flexibility index (Phi) is 7.89. The third-order valence-corrected chi connectivity index (χ3v) is 6.70. The van der Waals surface area contributed by atoms with Crippen LogP contribution in [0, 0.1) is 0 Å². The molecule has 1 aromatic heterocycles. The minimum Gasteiger partial charge on any atom is -0.505 e. The topological polar surface area (TPSA) is 67.3 Å². The minimum atomic E-state index is -0.598. The van der Waals surface area contributed by atoms with Gasteiger partial charge in [0.15, 0.2) is 0 Å². The number of pyridine rings is 1. The van der Waals surface area contributed by atoms with Crippen LogP contribution < -0.4 is 0 Å². The van der Waals surface area contributed by atoms with Crippen LogP contribution in [0.1, 0.15) is 87.2 Å². The first-order chi connectivity index (χ1) is 16.6. The molecular formula is C30H33NO3. The molecule has 34 heavy (non-hydrogen) atoms. The number of aromatic nitrogens is 1. The van der Waals surface area contributed by atoms with E-state index in [-0.39, 0.29) is 22.6 Å². The van der Waals surface area contributed by atoms with Gasteiger partial charge in [0.25, 0.3) is 0 Å². The lowest BCUT2D eigenvalue weighted by Crippen LogP contribution is -2.26. The van der Waals surface area contributed by atoms with E-state index in [1.807, 2.05) is 54.6 Å². The largest absolute Gasteiger partial charge is 0.505 e. The van der Waals surface area contributed by atoms with E-state index in [4.69, 9.17) is 0 Å². The zero-order chi connectivity index (χ0) is 23.9. The van der Waals surface area contributed by atoms with Crippen molar-refractivity contribution in [3.8, 4) is 11.1 Å². The van der Waals surface area contributed by atoms with Crippen LogP contribution >= 0.6 is 0 Å². The van der Waals surface area contributed by atoms with Crippen molar-refractivity contribution < 1.29 is 14.7 Å². The van der Waals surface area contributed by atoms with Crippen molar-refractivity contribution in [2.45, 2.75) is 71.1 Å². The molecule has 0 atom stereocenters. The number of carbonyl (C=O) groups is 2. The van der Waals surface area contributed by atoms with Crippen LogP contribution in [0.2, 0.25) is 0 Å². The molecule has 4 heteroatoms. The maximum atomic E-state index is 13.3. The predicted molar refractivity (Wildman–Crippen MR) is 138 cm³/mol. The molecule has 0 aliphatic heterocycles. The van der Waals surface area contributed by atoms with Crippen molar-refractivity contribution in [1.29, 1.82) is 0 Å². The van der Waals surface area contributed by atoms with E-state index in [1.54, 1.807) is 0 Å². The van der Waals surface area contributed by atoms with Crippen LogP contribution in [0.5, 0.6) is 0 Å². The van der Waals surface area contributed by atoms with Gasteiger partial charge in [-0.05, 0) is 24.5 Å². The first kappa shape index (κ1) is 23.9. The zero-order valence-electron chi connectivity index (χ0n) is 20.0. The molecule has 4 nitrogen and oxygen atoms in total. The van der Waals surface area contributed by atoms with Gasteiger partial charge >= 0.3 is 0 Å². The fraction of sp³-hybridized carbons (Fsp3) is 0.367. The van der Waals surface area contributed by atoms with E-state index in [2.05, 4.69) is 11.9 Å². The van der Waals surface area contributed by atoms with Gasteiger partial charge in [0, 0.05) is 16.5 Å². The lowest BCUT2D eigenvalue weighted by Gasteiger charge is -2.21. The molecule has 0 saturated heterocycles. The number of Topliss-reactive ketones (excluding diaryl/α,β-unsaturated/α-hetero) is 2. The SMILES string of the molecule is CCCCCCCCCCCC1=C(O)c2nc3ccccc3c(-c3ccccc3)c2C(=O)C1=O. The van der Waals surface area contributed by atoms with Gasteiger partial charge in [-0.2, -0.15) is 0 Å². The summed E-state index contributed by atoms with van der Waals surface area (Å²) in [6, 6.07) is 17.1. The molecule has 1 N–H and O–H groups in total. The molecule has 3 aromatic rings. The fourth-order valence-electron chi connectivity index (χ4n) is 4.85. The molecule has 0 unspecified atom stereocenters. The summed E-state index contributed by atoms with van der Waals surface area (Å²) in [7, 11) is 0. The van der Waals surface area contributed by atoms with Crippen LogP contribution in [0.4, 0.5) is 0 Å². The average Bonchev–Trinajstić information content (AvgIpc) is 2.87. The summed E-state index contributed by atoms with van der Waals surface area (Å²) in [5, 5.41) is 11.9. The smallest absolute Gasteiger partial charge is 0.236 e. The molecule has 4 rings (SSSR count). The molecule has 1 aliphatic carbocycles. The van der Waals surface area contributed by atoms with E-state index in [9.17, 15) is 14.7 Å². The Morgan fingerprint density at radius 2 is 1.32 bits per heavy atom. The molecule has 176 valence electrons. The zero-order valence-corrected chi connectivity index (χ0v) is 20.0. The highest BCUT2D eigenvalue weighted by Crippen LogP contribution is 2.39. The number of allylic oxidation sites excluding steroid dienone is 1. The number of benzene rings is 2. The number of fused-ring (bicyclic) bond motifs is 2. The molecule has 0 radical (unpaired) electrons. The summed E-state index contributed by atoms with van der Waals surface area (Å²) in [5.74, 6) is -1.31. The second kappa shape index (κ2) is 11.2. The highest BCUT2D eigenvalue weighted by molar-refractivity contribution is 6.53. The second-order valence-electron chi connectivity index (χ2n) is 9.16. The standard InChI is InChI=1S/C30H33NO3/c1-2-3-4-5-6-7-8-9-13-19-23-28(32)27-26(30(34)29(23)33)25(21-16-11-10-12-17-21)22-18-14-15-20-24(22)31-27/h10-12,14-18,20,32H,2-9,13,19H2,1H3. The summed E-state index contributed by atoms with van der Waals surface area (Å²) in [6.07, 6.45) is 10.9. The summed E-state index contributed by atoms with van der Waals surface area (Å²) < 4.78 is 0.